The van der Waals surface area contributed by atoms with Crippen molar-refractivity contribution in [2.24, 2.45) is 0 Å². The first kappa shape index (κ1) is 13.1. The number of hydrogen-bond donors (Lipinski definition) is 2. The molecule has 19 heavy (non-hydrogen) atoms. The van der Waals surface area contributed by atoms with Crippen LogP contribution in [0.2, 0.25) is 0 Å². The highest BCUT2D eigenvalue weighted by Crippen LogP contribution is 2.32. The maximum atomic E-state index is 13.5. The molecule has 3 N–H and O–H groups in total. The second-order valence-electron chi connectivity index (χ2n) is 3.90. The van der Waals surface area contributed by atoms with E-state index < -0.39 is 11.6 Å². The zero-order chi connectivity index (χ0) is 13.8. The van der Waals surface area contributed by atoms with Crippen LogP contribution in [0.1, 0.15) is 6.92 Å². The summed E-state index contributed by atoms with van der Waals surface area (Å²) in [6.45, 7) is 2.33. The van der Waals surface area contributed by atoms with Gasteiger partial charge in [0.1, 0.15) is 17.4 Å². The number of anilines is 3. The number of hydrogen-bond acceptors (Lipinski definition) is 3. The van der Waals surface area contributed by atoms with E-state index in [1.807, 2.05) is 6.92 Å². The highest BCUT2D eigenvalue weighted by Gasteiger charge is 2.09. The highest BCUT2D eigenvalue weighted by atomic mass is 19.1. The molecule has 2 rings (SSSR count). The van der Waals surface area contributed by atoms with Crippen LogP contribution in [0.4, 0.5) is 25.8 Å². The van der Waals surface area contributed by atoms with Gasteiger partial charge in [-0.25, -0.2) is 8.78 Å². The van der Waals surface area contributed by atoms with Crippen molar-refractivity contribution >= 4 is 17.1 Å². The van der Waals surface area contributed by atoms with Gasteiger partial charge < -0.3 is 15.8 Å². The van der Waals surface area contributed by atoms with Crippen molar-refractivity contribution in [1.82, 2.24) is 0 Å². The summed E-state index contributed by atoms with van der Waals surface area (Å²) in [6, 6.07) is 8.47. The van der Waals surface area contributed by atoms with Crippen LogP contribution in [-0.4, -0.2) is 6.61 Å². The molecule has 0 aliphatic rings. The normalized spacial score (nSPS) is 10.3. The fourth-order valence-electron chi connectivity index (χ4n) is 1.67. The molecule has 0 bridgehead atoms. The summed E-state index contributed by atoms with van der Waals surface area (Å²) in [5.41, 5.74) is 6.96. The van der Waals surface area contributed by atoms with Crippen LogP contribution >= 0.6 is 0 Å². The van der Waals surface area contributed by atoms with Crippen LogP contribution in [0.25, 0.3) is 0 Å². The molecule has 0 atom stereocenters. The topological polar surface area (TPSA) is 47.3 Å². The minimum absolute atomic E-state index is 0.154. The zero-order valence-corrected chi connectivity index (χ0v) is 10.4. The maximum absolute atomic E-state index is 13.5. The smallest absolute Gasteiger partial charge is 0.149 e. The first-order valence-electron chi connectivity index (χ1n) is 5.85. The van der Waals surface area contributed by atoms with E-state index in [1.54, 1.807) is 18.2 Å². The number of rotatable bonds is 4. The Kier molecular flexibility index (Phi) is 3.85. The Hall–Kier alpha value is -2.30. The predicted octanol–water partition coefficient (Wildman–Crippen LogP) is 3.69. The fraction of sp³-hybridized carbons (Fsp3) is 0.143. The third kappa shape index (κ3) is 2.93. The van der Waals surface area contributed by atoms with Gasteiger partial charge in [0.2, 0.25) is 0 Å². The first-order valence-corrected chi connectivity index (χ1v) is 5.85. The van der Waals surface area contributed by atoms with Crippen LogP contribution in [-0.2, 0) is 0 Å². The lowest BCUT2D eigenvalue weighted by Gasteiger charge is -2.13. The van der Waals surface area contributed by atoms with Crippen LogP contribution in [0, 0.1) is 11.6 Å². The summed E-state index contributed by atoms with van der Waals surface area (Å²) in [6.07, 6.45) is 0. The Morgan fingerprint density at radius 3 is 2.63 bits per heavy atom. The summed E-state index contributed by atoms with van der Waals surface area (Å²) >= 11 is 0. The van der Waals surface area contributed by atoms with Gasteiger partial charge >= 0.3 is 0 Å². The molecule has 100 valence electrons. The van der Waals surface area contributed by atoms with Gasteiger partial charge in [-0.1, -0.05) is 6.07 Å². The van der Waals surface area contributed by atoms with Crippen LogP contribution in [0.5, 0.6) is 5.75 Å². The van der Waals surface area contributed by atoms with Gasteiger partial charge in [0.05, 0.1) is 23.7 Å². The van der Waals surface area contributed by atoms with Crippen molar-refractivity contribution in [1.29, 1.82) is 0 Å². The summed E-state index contributed by atoms with van der Waals surface area (Å²) in [4.78, 5) is 0. The van der Waals surface area contributed by atoms with Crippen molar-refractivity contribution in [2.45, 2.75) is 6.92 Å². The molecule has 0 aromatic heterocycles. The van der Waals surface area contributed by atoms with Gasteiger partial charge in [0, 0.05) is 6.07 Å². The van der Waals surface area contributed by atoms with Crippen molar-refractivity contribution in [2.75, 3.05) is 17.7 Å². The number of nitrogens with one attached hydrogen (secondary N) is 1. The molecule has 2 aromatic carbocycles. The van der Waals surface area contributed by atoms with E-state index in [4.69, 9.17) is 10.5 Å². The van der Waals surface area contributed by atoms with E-state index in [9.17, 15) is 8.78 Å². The number of benzene rings is 2. The maximum Gasteiger partial charge on any atom is 0.149 e. The Balaban J connectivity index is 2.30. The van der Waals surface area contributed by atoms with Crippen molar-refractivity contribution < 1.29 is 13.5 Å². The minimum atomic E-state index is -0.679. The van der Waals surface area contributed by atoms with Crippen LogP contribution < -0.4 is 15.8 Å². The summed E-state index contributed by atoms with van der Waals surface area (Å²) < 4.78 is 31.7. The number of nitrogen functional groups attached to an aromatic ring is 1. The Labute approximate surface area is 110 Å². The molecule has 0 saturated carbocycles. The lowest BCUT2D eigenvalue weighted by molar-refractivity contribution is 0.342. The molecule has 0 radical (unpaired) electrons. The monoisotopic (exact) mass is 264 g/mol. The average Bonchev–Trinajstić information content (AvgIpc) is 2.37. The van der Waals surface area contributed by atoms with Crippen LogP contribution in [0.15, 0.2) is 36.4 Å². The van der Waals surface area contributed by atoms with E-state index in [0.717, 1.165) is 6.07 Å². The van der Waals surface area contributed by atoms with Gasteiger partial charge in [0.15, 0.2) is 0 Å². The molecular weight excluding hydrogens is 250 g/mol. The SMILES string of the molecule is CCOc1cccc(Nc2ccc(F)cc2F)c1N. The van der Waals surface area contributed by atoms with Gasteiger partial charge in [0.25, 0.3) is 0 Å². The van der Waals surface area contributed by atoms with E-state index in [0.29, 0.717) is 23.7 Å². The second-order valence-corrected chi connectivity index (χ2v) is 3.90. The Morgan fingerprint density at radius 1 is 1.16 bits per heavy atom. The summed E-state index contributed by atoms with van der Waals surface area (Å²) in [7, 11) is 0. The second kappa shape index (κ2) is 5.56. The first-order chi connectivity index (χ1) is 9.11. The molecule has 0 aliphatic carbocycles. The molecule has 0 aliphatic heterocycles. The quantitative estimate of drug-likeness (QED) is 0.828. The van der Waals surface area contributed by atoms with Crippen LogP contribution in [0.3, 0.4) is 0 Å². The molecule has 0 unspecified atom stereocenters. The largest absolute Gasteiger partial charge is 0.492 e. The fourth-order valence-corrected chi connectivity index (χ4v) is 1.67. The number of nitrogens with two attached hydrogens (primary N) is 1. The van der Waals surface area contributed by atoms with Gasteiger partial charge in [-0.05, 0) is 31.2 Å². The third-order valence-corrected chi connectivity index (χ3v) is 2.57. The van der Waals surface area contributed by atoms with Crippen molar-refractivity contribution in [3.8, 4) is 5.75 Å². The number of halogens is 2. The lowest BCUT2D eigenvalue weighted by atomic mass is 10.2. The summed E-state index contributed by atoms with van der Waals surface area (Å²) in [5.74, 6) is -0.782. The average molecular weight is 264 g/mol. The lowest BCUT2D eigenvalue weighted by Crippen LogP contribution is -2.02. The van der Waals surface area contributed by atoms with Crippen molar-refractivity contribution in [3.63, 3.8) is 0 Å². The molecule has 0 heterocycles. The van der Waals surface area contributed by atoms with E-state index in [1.165, 1.54) is 12.1 Å². The summed E-state index contributed by atoms with van der Waals surface area (Å²) in [5, 5.41) is 2.82. The third-order valence-electron chi connectivity index (χ3n) is 2.57. The molecule has 0 amide bonds. The molecule has 0 spiro atoms. The van der Waals surface area contributed by atoms with E-state index >= 15 is 0 Å². The Morgan fingerprint density at radius 2 is 1.95 bits per heavy atom. The highest BCUT2D eigenvalue weighted by molar-refractivity contribution is 5.77. The predicted molar refractivity (Wildman–Crippen MR) is 71.7 cm³/mol. The molecular formula is C14H14F2N2O. The molecule has 0 saturated heterocycles. The van der Waals surface area contributed by atoms with Gasteiger partial charge in [-0.15, -0.1) is 0 Å². The van der Waals surface area contributed by atoms with Gasteiger partial charge in [-0.2, -0.15) is 0 Å². The molecule has 0 fully saturated rings. The zero-order valence-electron chi connectivity index (χ0n) is 10.4. The number of para-hydroxylation sites is 1. The standard InChI is InChI=1S/C14H14F2N2O/c1-2-19-13-5-3-4-12(14(13)17)18-11-7-6-9(15)8-10(11)16/h3-8,18H,2,17H2,1H3. The Bertz CT molecular complexity index is 588. The molecule has 3 nitrogen and oxygen atoms in total. The van der Waals surface area contributed by atoms with Crippen molar-refractivity contribution in [3.05, 3.63) is 48.0 Å². The van der Waals surface area contributed by atoms with E-state index in [2.05, 4.69) is 5.32 Å². The number of ether oxygens (including phenoxy) is 1. The molecule has 5 heteroatoms. The minimum Gasteiger partial charge on any atom is -0.492 e. The molecule has 2 aromatic rings. The van der Waals surface area contributed by atoms with Gasteiger partial charge in [-0.3, -0.25) is 0 Å². The van der Waals surface area contributed by atoms with E-state index in [-0.39, 0.29) is 5.69 Å².